The van der Waals surface area contributed by atoms with E-state index in [0.29, 0.717) is 24.8 Å². The van der Waals surface area contributed by atoms with Gasteiger partial charge in [-0.3, -0.25) is 5.01 Å². The van der Waals surface area contributed by atoms with Crippen molar-refractivity contribution in [3.8, 4) is 5.75 Å². The van der Waals surface area contributed by atoms with E-state index in [-0.39, 0.29) is 6.04 Å². The molecule has 0 radical (unpaired) electrons. The number of ether oxygens (including phenoxy) is 1. The van der Waals surface area contributed by atoms with Gasteiger partial charge in [-0.1, -0.05) is 30.8 Å². The summed E-state index contributed by atoms with van der Waals surface area (Å²) in [4.78, 5) is 27.8. The Morgan fingerprint density at radius 2 is 1.97 bits per heavy atom. The van der Waals surface area contributed by atoms with Crippen LogP contribution in [0, 0.1) is 4.91 Å². The molecule has 0 aliphatic carbocycles. The normalized spacial score (nSPS) is 16.7. The second-order valence-electron chi connectivity index (χ2n) is 7.62. The van der Waals surface area contributed by atoms with Gasteiger partial charge < -0.3 is 14.2 Å². The van der Waals surface area contributed by atoms with Gasteiger partial charge in [0.05, 0.1) is 25.0 Å². The lowest BCUT2D eigenvalue weighted by Crippen LogP contribution is -2.49. The Labute approximate surface area is 185 Å². The van der Waals surface area contributed by atoms with Crippen LogP contribution in [0.2, 0.25) is 0 Å². The monoisotopic (exact) mass is 441 g/mol. The Hall–Kier alpha value is -2.88. The number of piperazine rings is 1. The summed E-state index contributed by atoms with van der Waals surface area (Å²) < 4.78 is 7.28. The molecule has 4 rings (SSSR count). The van der Waals surface area contributed by atoms with E-state index in [1.165, 1.54) is 5.56 Å². The van der Waals surface area contributed by atoms with Crippen molar-refractivity contribution in [3.05, 3.63) is 40.6 Å². The molecule has 164 valence electrons. The molecule has 1 atom stereocenters. The zero-order valence-corrected chi connectivity index (χ0v) is 19.1. The number of hydrogen-bond donors (Lipinski definition) is 0. The highest BCUT2D eigenvalue weighted by Gasteiger charge is 2.28. The van der Waals surface area contributed by atoms with Crippen LogP contribution >= 0.6 is 11.8 Å². The molecule has 0 amide bonds. The van der Waals surface area contributed by atoms with Gasteiger partial charge in [0.15, 0.2) is 22.1 Å². The number of nitroso groups, excluding NO2 is 1. The van der Waals surface area contributed by atoms with Crippen LogP contribution in [0.4, 0.5) is 5.82 Å². The molecule has 0 N–H and O–H groups in total. The smallest absolute Gasteiger partial charge is 0.191 e. The average Bonchev–Trinajstić information content (AvgIpc) is 3.13. The predicted octanol–water partition coefficient (Wildman–Crippen LogP) is 3.42. The van der Waals surface area contributed by atoms with E-state index in [0.717, 1.165) is 40.7 Å². The lowest BCUT2D eigenvalue weighted by Gasteiger charge is -2.36. The second kappa shape index (κ2) is 9.09. The zero-order chi connectivity index (χ0) is 22.0. The van der Waals surface area contributed by atoms with Crippen LogP contribution in [0.25, 0.3) is 11.2 Å². The SMILES string of the molecule is CCc1nc2c(N3CCN(N=O)[C@@H](C)C3)nc(SCc3ccc(OC)cc3)nc2n1C. The Morgan fingerprint density at radius 1 is 1.19 bits per heavy atom. The van der Waals surface area contributed by atoms with Crippen molar-refractivity contribution >= 4 is 28.7 Å². The van der Waals surface area contributed by atoms with Crippen molar-refractivity contribution in [3.63, 3.8) is 0 Å². The van der Waals surface area contributed by atoms with Gasteiger partial charge >= 0.3 is 0 Å². The average molecular weight is 442 g/mol. The highest BCUT2D eigenvalue weighted by Crippen LogP contribution is 2.30. The summed E-state index contributed by atoms with van der Waals surface area (Å²) in [7, 11) is 3.67. The van der Waals surface area contributed by atoms with E-state index in [4.69, 9.17) is 19.7 Å². The molecule has 1 saturated heterocycles. The van der Waals surface area contributed by atoms with Crippen molar-refractivity contribution in [2.45, 2.75) is 37.2 Å². The summed E-state index contributed by atoms with van der Waals surface area (Å²) >= 11 is 1.60. The molecule has 0 saturated carbocycles. The highest BCUT2D eigenvalue weighted by atomic mass is 32.2. The lowest BCUT2D eigenvalue weighted by atomic mass is 10.2. The minimum atomic E-state index is 0.0148. The molecule has 1 aliphatic rings. The molecule has 2 aromatic heterocycles. The van der Waals surface area contributed by atoms with Crippen molar-refractivity contribution < 1.29 is 4.74 Å². The maximum Gasteiger partial charge on any atom is 0.191 e. The quantitative estimate of drug-likeness (QED) is 0.313. The first-order chi connectivity index (χ1) is 15.0. The van der Waals surface area contributed by atoms with Crippen LogP contribution in [0.1, 0.15) is 25.2 Å². The summed E-state index contributed by atoms with van der Waals surface area (Å²) in [6.07, 6.45) is 0.819. The van der Waals surface area contributed by atoms with Crippen LogP contribution in [0.15, 0.2) is 34.7 Å². The van der Waals surface area contributed by atoms with Crippen LogP contribution in [0.5, 0.6) is 5.75 Å². The van der Waals surface area contributed by atoms with Crippen LogP contribution in [-0.4, -0.2) is 57.3 Å². The second-order valence-corrected chi connectivity index (χ2v) is 8.56. The van der Waals surface area contributed by atoms with Gasteiger partial charge in [-0.15, -0.1) is 4.91 Å². The third-order valence-corrected chi connectivity index (χ3v) is 6.53. The van der Waals surface area contributed by atoms with Gasteiger partial charge in [-0.05, 0) is 24.6 Å². The summed E-state index contributed by atoms with van der Waals surface area (Å²) in [6, 6.07) is 8.04. The molecular weight excluding hydrogens is 414 g/mol. The topological polar surface area (TPSA) is 88.7 Å². The van der Waals surface area contributed by atoms with Gasteiger partial charge in [0.25, 0.3) is 0 Å². The minimum Gasteiger partial charge on any atom is -0.497 e. The number of aromatic nitrogens is 4. The summed E-state index contributed by atoms with van der Waals surface area (Å²) in [5.41, 5.74) is 2.82. The number of rotatable bonds is 7. The van der Waals surface area contributed by atoms with Crippen molar-refractivity contribution in [2.24, 2.45) is 12.3 Å². The van der Waals surface area contributed by atoms with E-state index < -0.39 is 0 Å². The maximum atomic E-state index is 11.0. The van der Waals surface area contributed by atoms with E-state index in [9.17, 15) is 4.91 Å². The standard InChI is InChI=1S/C21H27N7O2S/c1-5-17-22-18-19(26(17)3)23-21(31-13-15-6-8-16(30-4)9-7-15)24-20(18)27-10-11-28(25-29)14(2)12-27/h6-9,14H,5,10-13H2,1-4H3/t14-/m0/s1. The number of anilines is 1. The van der Waals surface area contributed by atoms with Crippen molar-refractivity contribution in [2.75, 3.05) is 31.6 Å². The largest absolute Gasteiger partial charge is 0.497 e. The Kier molecular flexibility index (Phi) is 6.26. The first kappa shape index (κ1) is 21.4. The fraction of sp³-hybridized carbons (Fsp3) is 0.476. The molecule has 1 aliphatic heterocycles. The predicted molar refractivity (Wildman–Crippen MR) is 122 cm³/mol. The number of hydrogen-bond acceptors (Lipinski definition) is 8. The molecule has 0 unspecified atom stereocenters. The van der Waals surface area contributed by atoms with Gasteiger partial charge in [-0.25, -0.2) is 15.0 Å². The molecule has 0 bridgehead atoms. The van der Waals surface area contributed by atoms with E-state index >= 15 is 0 Å². The molecule has 10 heteroatoms. The maximum absolute atomic E-state index is 11.0. The fourth-order valence-electron chi connectivity index (χ4n) is 3.80. The number of aryl methyl sites for hydroxylation is 2. The highest BCUT2D eigenvalue weighted by molar-refractivity contribution is 7.98. The molecular formula is C21H27N7O2S. The lowest BCUT2D eigenvalue weighted by molar-refractivity contribution is 0.194. The number of imidazole rings is 1. The van der Waals surface area contributed by atoms with Crippen molar-refractivity contribution in [1.29, 1.82) is 0 Å². The number of benzene rings is 1. The number of methoxy groups -OCH3 is 1. The van der Waals surface area contributed by atoms with Crippen LogP contribution < -0.4 is 9.64 Å². The number of thioether (sulfide) groups is 1. The van der Waals surface area contributed by atoms with Gasteiger partial charge in [0.2, 0.25) is 0 Å². The number of nitrogens with zero attached hydrogens (tertiary/aromatic N) is 7. The number of fused-ring (bicyclic) bond motifs is 1. The summed E-state index contributed by atoms with van der Waals surface area (Å²) in [5, 5.41) is 5.44. The van der Waals surface area contributed by atoms with Crippen molar-refractivity contribution in [1.82, 2.24) is 24.5 Å². The molecule has 1 fully saturated rings. The van der Waals surface area contributed by atoms with Gasteiger partial charge in [0.1, 0.15) is 11.6 Å². The Bertz CT molecular complexity index is 1070. The first-order valence-electron chi connectivity index (χ1n) is 10.4. The molecule has 0 spiro atoms. The third-order valence-electron chi connectivity index (χ3n) is 5.61. The van der Waals surface area contributed by atoms with Gasteiger partial charge in [0, 0.05) is 32.3 Å². The van der Waals surface area contributed by atoms with Gasteiger partial charge in [-0.2, -0.15) is 0 Å². The van der Waals surface area contributed by atoms with E-state index in [2.05, 4.69) is 29.2 Å². The summed E-state index contributed by atoms with van der Waals surface area (Å²) in [5.74, 6) is 3.40. The van der Waals surface area contributed by atoms with E-state index in [1.54, 1.807) is 23.9 Å². The molecule has 3 heterocycles. The van der Waals surface area contributed by atoms with Crippen LogP contribution in [0.3, 0.4) is 0 Å². The zero-order valence-electron chi connectivity index (χ0n) is 18.3. The fourth-order valence-corrected chi connectivity index (χ4v) is 4.60. The first-order valence-corrected chi connectivity index (χ1v) is 11.4. The molecule has 31 heavy (non-hydrogen) atoms. The summed E-state index contributed by atoms with van der Waals surface area (Å²) in [6.45, 7) is 5.99. The molecule has 1 aromatic carbocycles. The minimum absolute atomic E-state index is 0.0148. The molecule has 9 nitrogen and oxygen atoms in total. The Morgan fingerprint density at radius 3 is 2.61 bits per heavy atom. The third kappa shape index (κ3) is 4.30. The molecule has 3 aromatic rings. The van der Waals surface area contributed by atoms with Crippen LogP contribution in [-0.2, 0) is 19.2 Å². The van der Waals surface area contributed by atoms with E-state index in [1.807, 2.05) is 30.7 Å². The Balaban J connectivity index is 1.66.